The molecule has 0 saturated carbocycles. The molecule has 0 aliphatic carbocycles. The topological polar surface area (TPSA) is 12.5 Å². The van der Waals surface area contributed by atoms with Gasteiger partial charge in [0.1, 0.15) is 0 Å². The molecule has 0 aromatic heterocycles. The van der Waals surface area contributed by atoms with E-state index in [-0.39, 0.29) is 0 Å². The molecule has 2 saturated heterocycles. The quantitative estimate of drug-likeness (QED) is 0.278. The number of hydrogen-bond donors (Lipinski definition) is 0. The van der Waals surface area contributed by atoms with Crippen LogP contribution in [0.1, 0.15) is 85.0 Å². The van der Waals surface area contributed by atoms with E-state index in [9.17, 15) is 0 Å². The number of ether oxygens (including phenoxy) is 1. The second-order valence-electron chi connectivity index (χ2n) is 7.29. The average Bonchev–Trinajstić information content (AvgIpc) is 3.31. The molecule has 1 nitrogen and oxygen atoms in total. The summed E-state index contributed by atoms with van der Waals surface area (Å²) in [4.78, 5) is 0. The van der Waals surface area contributed by atoms with Gasteiger partial charge in [0, 0.05) is 0 Å². The molecule has 21 heavy (non-hydrogen) atoms. The maximum atomic E-state index is 5.22. The van der Waals surface area contributed by atoms with Crippen molar-refractivity contribution in [2.24, 2.45) is 11.8 Å². The summed E-state index contributed by atoms with van der Waals surface area (Å²) in [7, 11) is 1.28. The van der Waals surface area contributed by atoms with Crippen LogP contribution in [0.25, 0.3) is 0 Å². The van der Waals surface area contributed by atoms with Crippen LogP contribution in [0.5, 0.6) is 0 Å². The molecule has 4 unspecified atom stereocenters. The van der Waals surface area contributed by atoms with Crippen molar-refractivity contribution in [3.05, 3.63) is 0 Å². The van der Waals surface area contributed by atoms with Gasteiger partial charge < -0.3 is 4.74 Å². The largest absolute Gasteiger partial charge is 0.373 e. The Hall–Kier alpha value is 0.390. The van der Waals surface area contributed by atoms with E-state index in [1.165, 1.54) is 85.1 Å². The molecular weight excluding hydrogens is 275 g/mol. The molecular formula is C19H39OP. The van der Waals surface area contributed by atoms with Gasteiger partial charge in [-0.15, -0.1) is 8.58 Å². The minimum atomic E-state index is 0.637. The predicted molar refractivity (Wildman–Crippen MR) is 98.0 cm³/mol. The smallest absolute Gasteiger partial charge is 0.0810 e. The molecule has 2 aliphatic rings. The van der Waals surface area contributed by atoms with E-state index in [1.807, 2.05) is 0 Å². The van der Waals surface area contributed by atoms with Gasteiger partial charge in [0.05, 0.1) is 12.7 Å². The van der Waals surface area contributed by atoms with E-state index < -0.39 is 0 Å². The monoisotopic (exact) mass is 314 g/mol. The lowest BCUT2D eigenvalue weighted by Crippen LogP contribution is -2.03. The average molecular weight is 314 g/mol. The Balaban J connectivity index is 0.000000262. The lowest BCUT2D eigenvalue weighted by atomic mass is 9.97. The van der Waals surface area contributed by atoms with E-state index in [4.69, 9.17) is 4.74 Å². The van der Waals surface area contributed by atoms with Crippen LogP contribution < -0.4 is 0 Å². The van der Waals surface area contributed by atoms with Crippen molar-refractivity contribution in [3.63, 3.8) is 0 Å². The van der Waals surface area contributed by atoms with Gasteiger partial charge in [-0.3, -0.25) is 0 Å². The first-order valence-electron chi connectivity index (χ1n) is 9.54. The number of unbranched alkanes of at least 4 members (excludes halogenated alkanes) is 4. The zero-order chi connectivity index (χ0) is 15.3. The number of rotatable bonds is 9. The standard InChI is InChI=1S/C13H26O.C6H13P/c1-3-4-5-6-7-8-12(2)9-10-13-11-14-13;1-6-3-2-4-7-5-6/h12-13H,3-11H2,1-2H3;6-7H,2-5H2,1H3. The minimum absolute atomic E-state index is 0.637. The first-order valence-corrected chi connectivity index (χ1v) is 11.0. The highest BCUT2D eigenvalue weighted by Gasteiger charge is 2.22. The molecule has 2 heterocycles. The fourth-order valence-electron chi connectivity index (χ4n) is 2.97. The van der Waals surface area contributed by atoms with E-state index in [1.54, 1.807) is 0 Å². The lowest BCUT2D eigenvalue weighted by Gasteiger charge is -2.15. The van der Waals surface area contributed by atoms with Crippen LogP contribution in [-0.4, -0.2) is 25.0 Å². The summed E-state index contributed by atoms with van der Waals surface area (Å²) in [6.45, 7) is 8.07. The first-order chi connectivity index (χ1) is 10.2. The van der Waals surface area contributed by atoms with E-state index >= 15 is 0 Å². The van der Waals surface area contributed by atoms with Crippen LogP contribution in [0.4, 0.5) is 0 Å². The Kier molecular flexibility index (Phi) is 11.9. The summed E-state index contributed by atoms with van der Waals surface area (Å²) in [5.41, 5.74) is 0. The third kappa shape index (κ3) is 12.6. The number of hydrogen-bond acceptors (Lipinski definition) is 1. The van der Waals surface area contributed by atoms with E-state index in [0.29, 0.717) is 6.10 Å². The molecule has 2 rings (SSSR count). The van der Waals surface area contributed by atoms with Crippen molar-refractivity contribution in [3.8, 4) is 0 Å². The van der Waals surface area contributed by atoms with Gasteiger partial charge >= 0.3 is 0 Å². The van der Waals surface area contributed by atoms with Gasteiger partial charge in [-0.1, -0.05) is 65.7 Å². The van der Waals surface area contributed by atoms with Crippen LogP contribution >= 0.6 is 8.58 Å². The zero-order valence-electron chi connectivity index (χ0n) is 14.8. The third-order valence-corrected chi connectivity index (χ3v) is 6.42. The highest BCUT2D eigenvalue weighted by molar-refractivity contribution is 7.38. The number of epoxide rings is 1. The molecule has 2 heteroatoms. The van der Waals surface area contributed by atoms with Gasteiger partial charge in [-0.05, 0) is 43.4 Å². The van der Waals surface area contributed by atoms with Crippen molar-refractivity contribution in [2.45, 2.75) is 91.1 Å². The Labute approximate surface area is 135 Å². The molecule has 126 valence electrons. The molecule has 0 N–H and O–H groups in total. The van der Waals surface area contributed by atoms with Gasteiger partial charge in [0.25, 0.3) is 0 Å². The molecule has 0 amide bonds. The maximum absolute atomic E-state index is 5.22. The van der Waals surface area contributed by atoms with Crippen LogP contribution in [0.2, 0.25) is 0 Å². The minimum Gasteiger partial charge on any atom is -0.373 e. The molecule has 0 aromatic carbocycles. The van der Waals surface area contributed by atoms with Crippen molar-refractivity contribution < 1.29 is 4.74 Å². The van der Waals surface area contributed by atoms with Crippen molar-refractivity contribution in [1.29, 1.82) is 0 Å². The highest BCUT2D eigenvalue weighted by atomic mass is 31.1. The van der Waals surface area contributed by atoms with E-state index in [2.05, 4.69) is 20.8 Å². The SMILES string of the molecule is CC1CCCPC1.CCCCCCCC(C)CCC1CO1. The highest BCUT2D eigenvalue weighted by Crippen LogP contribution is 2.26. The van der Waals surface area contributed by atoms with Crippen LogP contribution in [-0.2, 0) is 4.74 Å². The zero-order valence-corrected chi connectivity index (χ0v) is 15.8. The third-order valence-electron chi connectivity index (χ3n) is 4.73. The summed E-state index contributed by atoms with van der Waals surface area (Å²) >= 11 is 0. The van der Waals surface area contributed by atoms with Crippen LogP contribution in [0.3, 0.4) is 0 Å². The van der Waals surface area contributed by atoms with Gasteiger partial charge in [0.15, 0.2) is 0 Å². The summed E-state index contributed by atoms with van der Waals surface area (Å²) in [5.74, 6) is 1.97. The maximum Gasteiger partial charge on any atom is 0.0810 e. The molecule has 2 aliphatic heterocycles. The Morgan fingerprint density at radius 3 is 2.43 bits per heavy atom. The molecule has 4 atom stereocenters. The van der Waals surface area contributed by atoms with Crippen LogP contribution in [0, 0.1) is 11.8 Å². The summed E-state index contributed by atoms with van der Waals surface area (Å²) < 4.78 is 5.22. The fourth-order valence-corrected chi connectivity index (χ4v) is 4.33. The summed E-state index contributed by atoms with van der Waals surface area (Å²) in [5, 5.41) is 0. The van der Waals surface area contributed by atoms with E-state index in [0.717, 1.165) is 18.4 Å². The van der Waals surface area contributed by atoms with Gasteiger partial charge in [-0.25, -0.2) is 0 Å². The second-order valence-corrected chi connectivity index (χ2v) is 8.70. The van der Waals surface area contributed by atoms with Crippen molar-refractivity contribution >= 4 is 8.58 Å². The normalized spacial score (nSPS) is 27.0. The van der Waals surface area contributed by atoms with Crippen molar-refractivity contribution in [1.82, 2.24) is 0 Å². The molecule has 2 fully saturated rings. The van der Waals surface area contributed by atoms with Gasteiger partial charge in [0.2, 0.25) is 0 Å². The Morgan fingerprint density at radius 1 is 1.14 bits per heavy atom. The molecule has 0 bridgehead atoms. The Bertz CT molecular complexity index is 222. The molecule has 0 radical (unpaired) electrons. The fraction of sp³-hybridized carbons (Fsp3) is 1.00. The van der Waals surface area contributed by atoms with Crippen LogP contribution in [0.15, 0.2) is 0 Å². The predicted octanol–water partition coefficient (Wildman–Crippen LogP) is 6.26. The summed E-state index contributed by atoms with van der Waals surface area (Å²) in [6.07, 6.45) is 17.9. The summed E-state index contributed by atoms with van der Waals surface area (Å²) in [6, 6.07) is 0. The lowest BCUT2D eigenvalue weighted by molar-refractivity contribution is 0.363. The second kappa shape index (κ2) is 12.9. The molecule has 0 spiro atoms. The van der Waals surface area contributed by atoms with Crippen molar-refractivity contribution in [2.75, 3.05) is 18.9 Å². The Morgan fingerprint density at radius 2 is 1.90 bits per heavy atom. The van der Waals surface area contributed by atoms with Gasteiger partial charge in [-0.2, -0.15) is 0 Å². The molecule has 0 aromatic rings. The first kappa shape index (κ1) is 19.4.